The molecule has 3 rings (SSSR count). The SMILES string of the molecule is O=C(Nc1cccc(-c2nnco2)c1)OCc1ccccc1. The number of rotatable bonds is 4. The van der Waals surface area contributed by atoms with Gasteiger partial charge < -0.3 is 9.15 Å². The highest BCUT2D eigenvalue weighted by Gasteiger charge is 2.07. The van der Waals surface area contributed by atoms with Crippen molar-refractivity contribution in [3.05, 3.63) is 66.6 Å². The molecule has 0 fully saturated rings. The fraction of sp³-hybridized carbons (Fsp3) is 0.0625. The summed E-state index contributed by atoms with van der Waals surface area (Å²) in [5, 5.41) is 10.1. The predicted molar refractivity (Wildman–Crippen MR) is 80.0 cm³/mol. The number of carbonyl (C=O) groups is 1. The van der Waals surface area contributed by atoms with Gasteiger partial charge in [0.1, 0.15) is 6.61 Å². The van der Waals surface area contributed by atoms with Gasteiger partial charge in [-0.25, -0.2) is 4.79 Å². The molecular formula is C16H13N3O3. The number of hydrogen-bond donors (Lipinski definition) is 1. The number of nitrogens with zero attached hydrogens (tertiary/aromatic N) is 2. The molecule has 0 unspecified atom stereocenters. The Balaban J connectivity index is 1.61. The highest BCUT2D eigenvalue weighted by molar-refractivity contribution is 5.85. The smallest absolute Gasteiger partial charge is 0.411 e. The lowest BCUT2D eigenvalue weighted by atomic mass is 10.2. The molecule has 1 amide bonds. The molecule has 0 radical (unpaired) electrons. The summed E-state index contributed by atoms with van der Waals surface area (Å²) in [5.41, 5.74) is 2.24. The fourth-order valence-electron chi connectivity index (χ4n) is 1.91. The second-order valence-corrected chi connectivity index (χ2v) is 4.51. The number of aromatic nitrogens is 2. The first-order valence-electron chi connectivity index (χ1n) is 6.65. The molecule has 0 aliphatic rings. The molecule has 0 saturated heterocycles. The molecule has 0 saturated carbocycles. The van der Waals surface area contributed by atoms with Crippen LogP contribution in [0.1, 0.15) is 5.56 Å². The summed E-state index contributed by atoms with van der Waals surface area (Å²) in [5.74, 6) is 0.390. The summed E-state index contributed by atoms with van der Waals surface area (Å²) < 4.78 is 10.3. The van der Waals surface area contributed by atoms with Gasteiger partial charge in [-0.05, 0) is 23.8 Å². The maximum Gasteiger partial charge on any atom is 0.411 e. The van der Waals surface area contributed by atoms with Crippen LogP contribution in [-0.4, -0.2) is 16.3 Å². The number of amides is 1. The summed E-state index contributed by atoms with van der Waals surface area (Å²) in [7, 11) is 0. The molecular weight excluding hydrogens is 282 g/mol. The van der Waals surface area contributed by atoms with E-state index in [1.807, 2.05) is 36.4 Å². The van der Waals surface area contributed by atoms with Crippen molar-refractivity contribution in [1.29, 1.82) is 0 Å². The molecule has 110 valence electrons. The zero-order chi connectivity index (χ0) is 15.2. The predicted octanol–water partition coefficient (Wildman–Crippen LogP) is 3.49. The van der Waals surface area contributed by atoms with E-state index in [1.165, 1.54) is 6.39 Å². The molecule has 1 aromatic heterocycles. The quantitative estimate of drug-likeness (QED) is 0.797. The molecule has 2 aromatic carbocycles. The number of hydrogen-bond acceptors (Lipinski definition) is 5. The number of benzene rings is 2. The topological polar surface area (TPSA) is 77.3 Å². The number of nitrogens with one attached hydrogen (secondary N) is 1. The van der Waals surface area contributed by atoms with Gasteiger partial charge in [0.05, 0.1) is 0 Å². The second kappa shape index (κ2) is 6.53. The van der Waals surface area contributed by atoms with E-state index in [2.05, 4.69) is 15.5 Å². The molecule has 0 aliphatic carbocycles. The van der Waals surface area contributed by atoms with Crippen LogP contribution in [0.3, 0.4) is 0 Å². The number of carbonyl (C=O) groups excluding carboxylic acids is 1. The minimum absolute atomic E-state index is 0.218. The van der Waals surface area contributed by atoms with Gasteiger partial charge in [-0.3, -0.25) is 5.32 Å². The van der Waals surface area contributed by atoms with Gasteiger partial charge in [-0.1, -0.05) is 36.4 Å². The Hall–Kier alpha value is -3.15. The van der Waals surface area contributed by atoms with Crippen LogP contribution in [0.2, 0.25) is 0 Å². The first-order valence-corrected chi connectivity index (χ1v) is 6.65. The average Bonchev–Trinajstić information content (AvgIpc) is 3.09. The first kappa shape index (κ1) is 13.8. The molecule has 3 aromatic rings. The summed E-state index contributed by atoms with van der Waals surface area (Å²) >= 11 is 0. The summed E-state index contributed by atoms with van der Waals surface area (Å²) in [4.78, 5) is 11.8. The zero-order valence-corrected chi connectivity index (χ0v) is 11.6. The van der Waals surface area contributed by atoms with Crippen molar-refractivity contribution < 1.29 is 13.9 Å². The summed E-state index contributed by atoms with van der Waals surface area (Å²) in [6, 6.07) is 16.6. The summed E-state index contributed by atoms with van der Waals surface area (Å²) in [6.07, 6.45) is 0.732. The van der Waals surface area contributed by atoms with Crippen LogP contribution in [0.25, 0.3) is 11.5 Å². The first-order chi connectivity index (χ1) is 10.8. The average molecular weight is 295 g/mol. The van der Waals surface area contributed by atoms with Crippen LogP contribution < -0.4 is 5.32 Å². The Bertz CT molecular complexity index is 742. The maximum absolute atomic E-state index is 11.8. The molecule has 0 spiro atoms. The van der Waals surface area contributed by atoms with E-state index in [9.17, 15) is 4.79 Å². The van der Waals surface area contributed by atoms with Crippen molar-refractivity contribution in [2.75, 3.05) is 5.32 Å². The molecule has 0 atom stereocenters. The van der Waals surface area contributed by atoms with E-state index in [0.717, 1.165) is 11.1 Å². The Morgan fingerprint density at radius 2 is 2.00 bits per heavy atom. The van der Waals surface area contributed by atoms with Crippen LogP contribution in [0, 0.1) is 0 Å². The Labute approximate surface area is 126 Å². The standard InChI is InChI=1S/C16H13N3O3/c20-16(21-10-12-5-2-1-3-6-12)18-14-8-4-7-13(9-14)15-19-17-11-22-15/h1-9,11H,10H2,(H,18,20). The minimum Gasteiger partial charge on any atom is -0.444 e. The number of ether oxygens (including phenoxy) is 1. The van der Waals surface area contributed by atoms with E-state index < -0.39 is 6.09 Å². The maximum atomic E-state index is 11.8. The van der Waals surface area contributed by atoms with Gasteiger partial charge in [0.15, 0.2) is 0 Å². The van der Waals surface area contributed by atoms with Crippen molar-refractivity contribution in [3.8, 4) is 11.5 Å². The van der Waals surface area contributed by atoms with E-state index in [-0.39, 0.29) is 6.61 Å². The Morgan fingerprint density at radius 1 is 1.14 bits per heavy atom. The zero-order valence-electron chi connectivity index (χ0n) is 11.6. The molecule has 22 heavy (non-hydrogen) atoms. The van der Waals surface area contributed by atoms with Gasteiger partial charge in [0.2, 0.25) is 12.3 Å². The van der Waals surface area contributed by atoms with Gasteiger partial charge in [0, 0.05) is 11.3 Å². The van der Waals surface area contributed by atoms with E-state index in [0.29, 0.717) is 11.6 Å². The molecule has 1 N–H and O–H groups in total. The molecule has 0 aliphatic heterocycles. The van der Waals surface area contributed by atoms with Crippen molar-refractivity contribution in [2.24, 2.45) is 0 Å². The highest BCUT2D eigenvalue weighted by Crippen LogP contribution is 2.20. The van der Waals surface area contributed by atoms with Crippen LogP contribution in [-0.2, 0) is 11.3 Å². The third-order valence-corrected chi connectivity index (χ3v) is 2.93. The summed E-state index contributed by atoms with van der Waals surface area (Å²) in [6.45, 7) is 0.218. The molecule has 0 bridgehead atoms. The largest absolute Gasteiger partial charge is 0.444 e. The fourth-order valence-corrected chi connectivity index (χ4v) is 1.91. The lowest BCUT2D eigenvalue weighted by Gasteiger charge is -2.07. The van der Waals surface area contributed by atoms with Crippen molar-refractivity contribution in [3.63, 3.8) is 0 Å². The van der Waals surface area contributed by atoms with Gasteiger partial charge in [0.25, 0.3) is 0 Å². The minimum atomic E-state index is -0.522. The second-order valence-electron chi connectivity index (χ2n) is 4.51. The molecule has 6 nitrogen and oxygen atoms in total. The van der Waals surface area contributed by atoms with Crippen molar-refractivity contribution in [2.45, 2.75) is 6.61 Å². The third kappa shape index (κ3) is 3.49. The van der Waals surface area contributed by atoms with Gasteiger partial charge in [-0.15, -0.1) is 10.2 Å². The van der Waals surface area contributed by atoms with E-state index >= 15 is 0 Å². The van der Waals surface area contributed by atoms with Crippen LogP contribution in [0.15, 0.2) is 65.4 Å². The number of anilines is 1. The normalized spacial score (nSPS) is 10.2. The van der Waals surface area contributed by atoms with Crippen LogP contribution >= 0.6 is 0 Å². The van der Waals surface area contributed by atoms with Crippen molar-refractivity contribution >= 4 is 11.8 Å². The van der Waals surface area contributed by atoms with E-state index in [1.54, 1.807) is 18.2 Å². The third-order valence-electron chi connectivity index (χ3n) is 2.93. The monoisotopic (exact) mass is 295 g/mol. The molecule has 1 heterocycles. The van der Waals surface area contributed by atoms with Crippen LogP contribution in [0.4, 0.5) is 10.5 Å². The van der Waals surface area contributed by atoms with E-state index in [4.69, 9.17) is 9.15 Å². The molecule has 6 heteroatoms. The highest BCUT2D eigenvalue weighted by atomic mass is 16.5. The lowest BCUT2D eigenvalue weighted by Crippen LogP contribution is -2.13. The van der Waals surface area contributed by atoms with Gasteiger partial charge in [-0.2, -0.15) is 0 Å². The lowest BCUT2D eigenvalue weighted by molar-refractivity contribution is 0.155. The Kier molecular flexibility index (Phi) is 4.10. The van der Waals surface area contributed by atoms with Crippen LogP contribution in [0.5, 0.6) is 0 Å². The van der Waals surface area contributed by atoms with Crippen molar-refractivity contribution in [1.82, 2.24) is 10.2 Å². The van der Waals surface area contributed by atoms with Gasteiger partial charge >= 0.3 is 6.09 Å². The Morgan fingerprint density at radius 3 is 2.77 bits per heavy atom.